The molecule has 0 radical (unpaired) electrons. The third-order valence-corrected chi connectivity index (χ3v) is 4.06. The predicted molar refractivity (Wildman–Crippen MR) is 75.5 cm³/mol. The molecule has 1 atom stereocenters. The van der Waals surface area contributed by atoms with Crippen LogP contribution in [0.3, 0.4) is 0 Å². The van der Waals surface area contributed by atoms with Gasteiger partial charge in [0.25, 0.3) is 0 Å². The van der Waals surface area contributed by atoms with E-state index in [0.717, 1.165) is 17.8 Å². The molecular formula is C16H13F3N2O. The number of nitrogens with zero attached hydrogens (tertiary/aromatic N) is 1. The van der Waals surface area contributed by atoms with Gasteiger partial charge >= 0.3 is 6.18 Å². The normalized spacial score (nSPS) is 20.7. The second-order valence-corrected chi connectivity index (χ2v) is 5.52. The number of hydrogen-bond donors (Lipinski definition) is 1. The Morgan fingerprint density at radius 1 is 1.18 bits per heavy atom. The van der Waals surface area contributed by atoms with Crippen LogP contribution in [0, 0.1) is 6.92 Å². The molecule has 3 rings (SSSR count). The monoisotopic (exact) mass is 306 g/mol. The Morgan fingerprint density at radius 2 is 1.91 bits per heavy atom. The number of aromatic nitrogens is 1. The van der Waals surface area contributed by atoms with Crippen LogP contribution in [0.25, 0.3) is 0 Å². The fourth-order valence-corrected chi connectivity index (χ4v) is 2.77. The van der Waals surface area contributed by atoms with Crippen molar-refractivity contribution in [3.05, 3.63) is 58.9 Å². The molecule has 2 aromatic rings. The highest BCUT2D eigenvalue weighted by molar-refractivity contribution is 6.08. The molecular weight excluding hydrogens is 293 g/mol. The van der Waals surface area contributed by atoms with E-state index in [1.165, 1.54) is 6.07 Å². The number of aryl methyl sites for hydroxylation is 1. The lowest BCUT2D eigenvalue weighted by Gasteiger charge is -2.23. The summed E-state index contributed by atoms with van der Waals surface area (Å²) in [7, 11) is 0. The number of benzene rings is 1. The van der Waals surface area contributed by atoms with E-state index < -0.39 is 17.2 Å². The van der Waals surface area contributed by atoms with Crippen LogP contribution in [0.5, 0.6) is 0 Å². The maximum atomic E-state index is 12.8. The molecule has 1 N–H and O–H groups in total. The van der Waals surface area contributed by atoms with Gasteiger partial charge in [0.1, 0.15) is 0 Å². The minimum Gasteiger partial charge on any atom is -0.325 e. The van der Waals surface area contributed by atoms with E-state index in [9.17, 15) is 18.0 Å². The summed E-state index contributed by atoms with van der Waals surface area (Å²) in [5, 5.41) is 2.56. The fraction of sp³-hybridized carbons (Fsp3) is 0.250. The topological polar surface area (TPSA) is 42.0 Å². The summed E-state index contributed by atoms with van der Waals surface area (Å²) in [6.07, 6.45) is -2.85. The molecule has 1 aliphatic rings. The zero-order valence-corrected chi connectivity index (χ0v) is 12.0. The van der Waals surface area contributed by atoms with Gasteiger partial charge in [-0.15, -0.1) is 0 Å². The van der Waals surface area contributed by atoms with Gasteiger partial charge in [-0.25, -0.2) is 0 Å². The lowest BCUT2D eigenvalue weighted by Crippen LogP contribution is -2.32. The third kappa shape index (κ3) is 2.06. The van der Waals surface area contributed by atoms with Crippen LogP contribution in [0.4, 0.5) is 18.9 Å². The van der Waals surface area contributed by atoms with Gasteiger partial charge in [-0.2, -0.15) is 13.2 Å². The van der Waals surface area contributed by atoms with Gasteiger partial charge in [-0.1, -0.05) is 6.07 Å². The van der Waals surface area contributed by atoms with E-state index in [1.54, 1.807) is 32.2 Å². The number of fused-ring (bicyclic) bond motifs is 1. The minimum absolute atomic E-state index is 0.205. The van der Waals surface area contributed by atoms with Gasteiger partial charge in [-0.3, -0.25) is 9.78 Å². The van der Waals surface area contributed by atoms with Crippen LogP contribution in [0.15, 0.2) is 36.5 Å². The van der Waals surface area contributed by atoms with Crippen molar-refractivity contribution >= 4 is 11.6 Å². The number of amides is 1. The van der Waals surface area contributed by atoms with Crippen molar-refractivity contribution in [3.63, 3.8) is 0 Å². The van der Waals surface area contributed by atoms with Crippen molar-refractivity contribution in [3.8, 4) is 0 Å². The van der Waals surface area contributed by atoms with E-state index in [-0.39, 0.29) is 11.6 Å². The number of halogens is 3. The second kappa shape index (κ2) is 4.56. The first-order valence-electron chi connectivity index (χ1n) is 6.69. The van der Waals surface area contributed by atoms with Gasteiger partial charge in [-0.05, 0) is 49.2 Å². The number of nitrogens with one attached hydrogen (secondary N) is 1. The molecule has 0 fully saturated rings. The lowest BCUT2D eigenvalue weighted by molar-refractivity contribution is -0.137. The van der Waals surface area contributed by atoms with Gasteiger partial charge in [0, 0.05) is 17.6 Å². The summed E-state index contributed by atoms with van der Waals surface area (Å²) < 4.78 is 38.4. The average Bonchev–Trinajstić information content (AvgIpc) is 2.70. The smallest absolute Gasteiger partial charge is 0.325 e. The van der Waals surface area contributed by atoms with Crippen LogP contribution in [0.2, 0.25) is 0 Å². The maximum absolute atomic E-state index is 12.8. The number of rotatable bonds is 1. The average molecular weight is 306 g/mol. The minimum atomic E-state index is -4.44. The van der Waals surface area contributed by atoms with Crippen molar-refractivity contribution in [1.29, 1.82) is 0 Å². The van der Waals surface area contributed by atoms with E-state index in [4.69, 9.17) is 0 Å². The summed E-state index contributed by atoms with van der Waals surface area (Å²) in [5.41, 5.74) is 0.394. The molecule has 0 saturated carbocycles. The summed E-state index contributed by atoms with van der Waals surface area (Å²) >= 11 is 0. The molecule has 0 spiro atoms. The first kappa shape index (κ1) is 14.6. The molecule has 6 heteroatoms. The Balaban J connectivity index is 2.16. The molecule has 114 valence electrons. The number of pyridine rings is 1. The quantitative estimate of drug-likeness (QED) is 0.873. The van der Waals surface area contributed by atoms with Gasteiger partial charge < -0.3 is 5.32 Å². The van der Waals surface area contributed by atoms with Crippen LogP contribution in [-0.4, -0.2) is 10.9 Å². The molecule has 0 saturated heterocycles. The second-order valence-electron chi connectivity index (χ2n) is 5.52. The molecule has 1 aromatic carbocycles. The highest BCUT2D eigenvalue weighted by Crippen LogP contribution is 2.44. The van der Waals surface area contributed by atoms with Crippen molar-refractivity contribution in [1.82, 2.24) is 4.98 Å². The molecule has 1 aromatic heterocycles. The number of hydrogen-bond acceptors (Lipinski definition) is 2. The fourth-order valence-electron chi connectivity index (χ4n) is 2.77. The number of alkyl halides is 3. The van der Waals surface area contributed by atoms with Crippen LogP contribution >= 0.6 is 0 Å². The molecule has 0 bridgehead atoms. The van der Waals surface area contributed by atoms with Gasteiger partial charge in [0.15, 0.2) is 0 Å². The summed E-state index contributed by atoms with van der Waals surface area (Å²) in [6, 6.07) is 6.83. The molecule has 1 unspecified atom stereocenters. The molecule has 0 aliphatic carbocycles. The maximum Gasteiger partial charge on any atom is 0.416 e. The van der Waals surface area contributed by atoms with Crippen molar-refractivity contribution in [2.24, 2.45) is 0 Å². The first-order valence-corrected chi connectivity index (χ1v) is 6.69. The van der Waals surface area contributed by atoms with Gasteiger partial charge in [0.2, 0.25) is 5.91 Å². The largest absolute Gasteiger partial charge is 0.416 e. The summed E-state index contributed by atoms with van der Waals surface area (Å²) in [5.74, 6) is -0.340. The van der Waals surface area contributed by atoms with Crippen LogP contribution in [-0.2, 0) is 16.4 Å². The summed E-state index contributed by atoms with van der Waals surface area (Å²) in [4.78, 5) is 16.5. The molecule has 22 heavy (non-hydrogen) atoms. The highest BCUT2D eigenvalue weighted by atomic mass is 19.4. The van der Waals surface area contributed by atoms with Crippen molar-refractivity contribution in [2.75, 3.05) is 5.32 Å². The van der Waals surface area contributed by atoms with E-state index in [0.29, 0.717) is 11.1 Å². The Kier molecular flexibility index (Phi) is 3.02. The Labute approximate surface area is 125 Å². The first-order chi connectivity index (χ1) is 10.2. The van der Waals surface area contributed by atoms with Gasteiger partial charge in [0.05, 0.1) is 11.0 Å². The SMILES string of the molecule is Cc1cc(C2(C)C(=O)Nc3cc(C(F)(F)F)ccc32)ccn1. The molecule has 1 amide bonds. The predicted octanol–water partition coefficient (Wildman–Crippen LogP) is 3.67. The van der Waals surface area contributed by atoms with E-state index in [1.807, 2.05) is 0 Å². The molecule has 3 nitrogen and oxygen atoms in total. The number of carbonyl (C=O) groups is 1. The molecule has 1 aliphatic heterocycles. The number of carbonyl (C=O) groups excluding carboxylic acids is 1. The van der Waals surface area contributed by atoms with E-state index >= 15 is 0 Å². The Hall–Kier alpha value is -2.37. The molecule has 2 heterocycles. The van der Waals surface area contributed by atoms with Crippen LogP contribution in [0.1, 0.15) is 29.3 Å². The third-order valence-electron chi connectivity index (χ3n) is 4.06. The lowest BCUT2D eigenvalue weighted by atomic mass is 9.77. The zero-order chi connectivity index (χ0) is 16.1. The Morgan fingerprint density at radius 3 is 2.55 bits per heavy atom. The Bertz CT molecular complexity index is 770. The van der Waals surface area contributed by atoms with E-state index in [2.05, 4.69) is 10.3 Å². The van der Waals surface area contributed by atoms with Crippen molar-refractivity contribution in [2.45, 2.75) is 25.4 Å². The standard InChI is InChI=1S/C16H13F3N2O/c1-9-7-10(5-6-20-9)15(2)12-4-3-11(16(17,18)19)8-13(12)21-14(15)22/h3-8H,1-2H3,(H,21,22). The highest BCUT2D eigenvalue weighted by Gasteiger charge is 2.45. The summed E-state index contributed by atoms with van der Waals surface area (Å²) in [6.45, 7) is 3.50. The van der Waals surface area contributed by atoms with Crippen molar-refractivity contribution < 1.29 is 18.0 Å². The number of anilines is 1. The van der Waals surface area contributed by atoms with Crippen LogP contribution < -0.4 is 5.32 Å². The zero-order valence-electron chi connectivity index (χ0n) is 12.0.